The maximum Gasteiger partial charge on any atom is 0.326 e. The molecule has 0 bridgehead atoms. The molecule has 8 N–H and O–H groups in total. The standard InChI is InChI=1S/C22H32N4O8/c1-12(2)9-16(25-20(31)15(7-8-19(29)30)24-18(28)11-23)21(32)26-17(22(33)34)10-13-3-5-14(27)6-4-13/h3-6,12,15-17,27H,7-11,23H2,1-2H3,(H,24,28)(H,25,31)(H,26,32)(H,29,30)(H,33,34). The number of hydrogen-bond acceptors (Lipinski definition) is 7. The number of amides is 3. The SMILES string of the molecule is CC(C)CC(NC(=O)C(CCC(=O)O)NC(=O)CN)C(=O)NC(Cc1ccc(O)cc1)C(=O)O. The zero-order chi connectivity index (χ0) is 25.8. The van der Waals surface area contributed by atoms with Crippen LogP contribution in [-0.4, -0.2) is 69.7 Å². The molecule has 34 heavy (non-hydrogen) atoms. The summed E-state index contributed by atoms with van der Waals surface area (Å²) in [5.41, 5.74) is 5.82. The molecule has 0 saturated carbocycles. The van der Waals surface area contributed by atoms with Gasteiger partial charge < -0.3 is 37.0 Å². The molecule has 0 aliphatic heterocycles. The van der Waals surface area contributed by atoms with E-state index in [1.807, 2.05) is 0 Å². The van der Waals surface area contributed by atoms with E-state index < -0.39 is 60.8 Å². The van der Waals surface area contributed by atoms with Crippen LogP contribution in [0.2, 0.25) is 0 Å². The molecule has 0 aromatic heterocycles. The van der Waals surface area contributed by atoms with E-state index in [0.717, 1.165) is 0 Å². The van der Waals surface area contributed by atoms with Crippen LogP contribution in [0, 0.1) is 5.92 Å². The predicted molar refractivity (Wildman–Crippen MR) is 121 cm³/mol. The number of nitrogens with one attached hydrogen (secondary N) is 3. The normalized spacial score (nSPS) is 13.4. The number of benzene rings is 1. The molecule has 0 saturated heterocycles. The van der Waals surface area contributed by atoms with Crippen LogP contribution in [0.25, 0.3) is 0 Å². The molecule has 3 amide bonds. The Kier molecular flexibility index (Phi) is 11.5. The number of aliphatic carboxylic acids is 2. The van der Waals surface area contributed by atoms with E-state index in [2.05, 4.69) is 16.0 Å². The molecule has 1 aromatic carbocycles. The van der Waals surface area contributed by atoms with Crippen molar-refractivity contribution in [3.05, 3.63) is 29.8 Å². The first-order valence-electron chi connectivity index (χ1n) is 10.8. The molecule has 3 unspecified atom stereocenters. The molecular formula is C22H32N4O8. The molecular weight excluding hydrogens is 448 g/mol. The van der Waals surface area contributed by atoms with E-state index in [0.29, 0.717) is 5.56 Å². The Bertz CT molecular complexity index is 872. The van der Waals surface area contributed by atoms with Crippen molar-refractivity contribution in [2.24, 2.45) is 11.7 Å². The minimum Gasteiger partial charge on any atom is -0.508 e. The highest BCUT2D eigenvalue weighted by atomic mass is 16.4. The maximum absolute atomic E-state index is 12.9. The van der Waals surface area contributed by atoms with E-state index in [1.54, 1.807) is 13.8 Å². The molecule has 12 heteroatoms. The van der Waals surface area contributed by atoms with Gasteiger partial charge in [0.25, 0.3) is 0 Å². The zero-order valence-electron chi connectivity index (χ0n) is 19.1. The molecule has 0 aliphatic carbocycles. The largest absolute Gasteiger partial charge is 0.508 e. The first-order valence-corrected chi connectivity index (χ1v) is 10.8. The van der Waals surface area contributed by atoms with Gasteiger partial charge in [0.2, 0.25) is 17.7 Å². The van der Waals surface area contributed by atoms with Crippen LogP contribution in [-0.2, 0) is 30.4 Å². The van der Waals surface area contributed by atoms with Gasteiger partial charge in [0, 0.05) is 12.8 Å². The number of carbonyl (C=O) groups excluding carboxylic acids is 3. The van der Waals surface area contributed by atoms with Crippen LogP contribution in [0.1, 0.15) is 38.7 Å². The summed E-state index contributed by atoms with van der Waals surface area (Å²) in [4.78, 5) is 60.0. The molecule has 12 nitrogen and oxygen atoms in total. The summed E-state index contributed by atoms with van der Waals surface area (Å²) in [6, 6.07) is 2.17. The fourth-order valence-electron chi connectivity index (χ4n) is 3.11. The summed E-state index contributed by atoms with van der Waals surface area (Å²) >= 11 is 0. The molecule has 1 rings (SSSR count). The lowest BCUT2D eigenvalue weighted by molar-refractivity contribution is -0.142. The highest BCUT2D eigenvalue weighted by molar-refractivity contribution is 5.93. The van der Waals surface area contributed by atoms with Gasteiger partial charge in [-0.2, -0.15) is 0 Å². The summed E-state index contributed by atoms with van der Waals surface area (Å²) in [5.74, 6) is -4.70. The van der Waals surface area contributed by atoms with Gasteiger partial charge in [-0.3, -0.25) is 19.2 Å². The van der Waals surface area contributed by atoms with Gasteiger partial charge in [-0.05, 0) is 36.5 Å². The maximum atomic E-state index is 12.9. The summed E-state index contributed by atoms with van der Waals surface area (Å²) < 4.78 is 0. The molecule has 0 heterocycles. The number of aromatic hydroxyl groups is 1. The number of phenols is 1. The summed E-state index contributed by atoms with van der Waals surface area (Å²) in [6.07, 6.45) is -0.518. The van der Waals surface area contributed by atoms with E-state index >= 15 is 0 Å². The van der Waals surface area contributed by atoms with Gasteiger partial charge >= 0.3 is 11.9 Å². The molecule has 1 aromatic rings. The van der Waals surface area contributed by atoms with E-state index in [-0.39, 0.29) is 30.9 Å². The van der Waals surface area contributed by atoms with Crippen molar-refractivity contribution >= 4 is 29.7 Å². The second-order valence-corrected chi connectivity index (χ2v) is 8.22. The number of carboxylic acid groups (broad SMARTS) is 2. The number of nitrogens with two attached hydrogens (primary N) is 1. The minimum absolute atomic E-state index is 0.0125. The van der Waals surface area contributed by atoms with Crippen molar-refractivity contribution in [2.45, 2.75) is 57.7 Å². The van der Waals surface area contributed by atoms with Crippen molar-refractivity contribution in [1.29, 1.82) is 0 Å². The average molecular weight is 481 g/mol. The number of rotatable bonds is 14. The predicted octanol–water partition coefficient (Wildman–Crippen LogP) is -0.657. The van der Waals surface area contributed by atoms with Crippen molar-refractivity contribution in [3.8, 4) is 5.75 Å². The molecule has 0 radical (unpaired) electrons. The Balaban J connectivity index is 2.98. The van der Waals surface area contributed by atoms with Gasteiger partial charge in [-0.15, -0.1) is 0 Å². The first kappa shape index (κ1) is 28.4. The molecule has 0 spiro atoms. The average Bonchev–Trinajstić information content (AvgIpc) is 2.76. The van der Waals surface area contributed by atoms with Gasteiger partial charge in [0.05, 0.1) is 6.54 Å². The number of carboxylic acids is 2. The highest BCUT2D eigenvalue weighted by Gasteiger charge is 2.30. The van der Waals surface area contributed by atoms with Crippen LogP contribution in [0.3, 0.4) is 0 Å². The monoisotopic (exact) mass is 480 g/mol. The molecule has 3 atom stereocenters. The summed E-state index contributed by atoms with van der Waals surface area (Å²) in [6.45, 7) is 3.19. The lowest BCUT2D eigenvalue weighted by Crippen LogP contribution is -2.56. The van der Waals surface area contributed by atoms with Gasteiger partial charge in [0.1, 0.15) is 23.9 Å². The summed E-state index contributed by atoms with van der Waals surface area (Å²) in [5, 5.41) is 35.1. The Morgan fingerprint density at radius 1 is 0.882 bits per heavy atom. The Labute approximate surface area is 196 Å². The third-order valence-electron chi connectivity index (χ3n) is 4.81. The quantitative estimate of drug-likeness (QED) is 0.180. The molecule has 0 aliphatic rings. The number of carbonyl (C=O) groups is 5. The van der Waals surface area contributed by atoms with Crippen molar-refractivity contribution in [3.63, 3.8) is 0 Å². The zero-order valence-corrected chi connectivity index (χ0v) is 19.1. The second kappa shape index (κ2) is 13.8. The van der Waals surface area contributed by atoms with Crippen LogP contribution < -0.4 is 21.7 Å². The smallest absolute Gasteiger partial charge is 0.326 e. The van der Waals surface area contributed by atoms with Gasteiger partial charge in [-0.1, -0.05) is 26.0 Å². The Morgan fingerprint density at radius 2 is 1.44 bits per heavy atom. The lowest BCUT2D eigenvalue weighted by Gasteiger charge is -2.25. The number of hydrogen-bond donors (Lipinski definition) is 7. The van der Waals surface area contributed by atoms with Crippen LogP contribution in [0.5, 0.6) is 5.75 Å². The van der Waals surface area contributed by atoms with Crippen molar-refractivity contribution in [2.75, 3.05) is 6.54 Å². The summed E-state index contributed by atoms with van der Waals surface area (Å²) in [7, 11) is 0. The van der Waals surface area contributed by atoms with E-state index in [4.69, 9.17) is 10.8 Å². The number of phenolic OH excluding ortho intramolecular Hbond substituents is 1. The Morgan fingerprint density at radius 3 is 1.94 bits per heavy atom. The fraction of sp³-hybridized carbons (Fsp3) is 0.500. The van der Waals surface area contributed by atoms with Crippen molar-refractivity contribution < 1.29 is 39.3 Å². The van der Waals surface area contributed by atoms with Gasteiger partial charge in [-0.25, -0.2) is 4.79 Å². The van der Waals surface area contributed by atoms with E-state index in [9.17, 15) is 34.2 Å². The fourth-order valence-corrected chi connectivity index (χ4v) is 3.11. The second-order valence-electron chi connectivity index (χ2n) is 8.22. The lowest BCUT2D eigenvalue weighted by atomic mass is 10.0. The minimum atomic E-state index is -1.30. The molecule has 188 valence electrons. The highest BCUT2D eigenvalue weighted by Crippen LogP contribution is 2.12. The molecule has 0 fully saturated rings. The van der Waals surface area contributed by atoms with Crippen LogP contribution >= 0.6 is 0 Å². The first-order chi connectivity index (χ1) is 15.9. The van der Waals surface area contributed by atoms with Crippen LogP contribution in [0.4, 0.5) is 0 Å². The van der Waals surface area contributed by atoms with E-state index in [1.165, 1.54) is 24.3 Å². The Hall–Kier alpha value is -3.67. The van der Waals surface area contributed by atoms with Crippen molar-refractivity contribution in [1.82, 2.24) is 16.0 Å². The third-order valence-corrected chi connectivity index (χ3v) is 4.81. The van der Waals surface area contributed by atoms with Crippen LogP contribution in [0.15, 0.2) is 24.3 Å². The topological polar surface area (TPSA) is 208 Å². The third kappa shape index (κ3) is 10.3. The van der Waals surface area contributed by atoms with Gasteiger partial charge in [0.15, 0.2) is 0 Å².